The van der Waals surface area contributed by atoms with Crippen LogP contribution in [0.4, 0.5) is 0 Å². The van der Waals surface area contributed by atoms with Crippen LogP contribution in [0.1, 0.15) is 69.8 Å². The van der Waals surface area contributed by atoms with E-state index >= 15 is 0 Å². The van der Waals surface area contributed by atoms with Gasteiger partial charge in [-0.1, -0.05) is 43.5 Å². The first kappa shape index (κ1) is 22.9. The fourth-order valence-electron chi connectivity index (χ4n) is 4.22. The lowest BCUT2D eigenvalue weighted by molar-refractivity contribution is 0.0820. The van der Waals surface area contributed by atoms with Crippen LogP contribution in [0.3, 0.4) is 0 Å². The summed E-state index contributed by atoms with van der Waals surface area (Å²) in [6, 6.07) is 12.2. The number of aromatic nitrogens is 1. The quantitative estimate of drug-likeness (QED) is 0.737. The summed E-state index contributed by atoms with van der Waals surface area (Å²) < 4.78 is 0. The monoisotopic (exact) mass is 422 g/mol. The third kappa shape index (κ3) is 5.91. The van der Waals surface area contributed by atoms with Crippen molar-refractivity contribution in [1.29, 1.82) is 0 Å². The third-order valence-electron chi connectivity index (χ3n) is 6.13. The largest absolute Gasteiger partial charge is 0.348 e. The molecule has 6 nitrogen and oxygen atoms in total. The molecule has 1 saturated carbocycles. The number of hydrogen-bond acceptors (Lipinski definition) is 4. The minimum atomic E-state index is -0.177. The molecule has 2 amide bonds. The molecule has 0 atom stereocenters. The van der Waals surface area contributed by atoms with Crippen LogP contribution in [-0.2, 0) is 13.1 Å². The number of rotatable bonds is 7. The molecule has 0 bridgehead atoms. The van der Waals surface area contributed by atoms with Gasteiger partial charge in [-0.2, -0.15) is 0 Å². The van der Waals surface area contributed by atoms with E-state index in [9.17, 15) is 9.59 Å². The Morgan fingerprint density at radius 2 is 1.68 bits per heavy atom. The van der Waals surface area contributed by atoms with Crippen molar-refractivity contribution >= 4 is 11.8 Å². The first-order valence-electron chi connectivity index (χ1n) is 11.1. The number of carbonyl (C=O) groups excluding carboxylic acids is 2. The van der Waals surface area contributed by atoms with E-state index in [4.69, 9.17) is 0 Å². The average molecular weight is 423 g/mol. The van der Waals surface area contributed by atoms with E-state index in [1.54, 1.807) is 33.2 Å². The lowest BCUT2D eigenvalue weighted by Gasteiger charge is -2.31. The zero-order valence-electron chi connectivity index (χ0n) is 19.1. The lowest BCUT2D eigenvalue weighted by atomic mass is 9.94. The Labute approximate surface area is 185 Å². The molecule has 3 rings (SSSR count). The minimum absolute atomic E-state index is 0.175. The maximum Gasteiger partial charge on any atom is 0.271 e. The number of carbonyl (C=O) groups is 2. The molecule has 0 spiro atoms. The second kappa shape index (κ2) is 10.5. The van der Waals surface area contributed by atoms with Gasteiger partial charge >= 0.3 is 0 Å². The summed E-state index contributed by atoms with van der Waals surface area (Å²) >= 11 is 0. The van der Waals surface area contributed by atoms with Gasteiger partial charge in [-0.3, -0.25) is 14.5 Å². The van der Waals surface area contributed by atoms with Crippen LogP contribution in [0.15, 0.2) is 36.4 Å². The van der Waals surface area contributed by atoms with Crippen molar-refractivity contribution in [2.24, 2.45) is 0 Å². The van der Waals surface area contributed by atoms with Crippen LogP contribution < -0.4 is 5.32 Å². The SMILES string of the molecule is Cc1nc(C(=O)N(C)C)ccc1C(=O)NCc1ccccc1CN(C)C1CCCCC1. The highest BCUT2D eigenvalue weighted by atomic mass is 16.2. The van der Waals surface area contributed by atoms with Gasteiger partial charge in [-0.05, 0) is 50.1 Å². The first-order chi connectivity index (χ1) is 14.9. The molecule has 0 unspecified atom stereocenters. The van der Waals surface area contributed by atoms with Crippen molar-refractivity contribution in [1.82, 2.24) is 20.1 Å². The van der Waals surface area contributed by atoms with Crippen molar-refractivity contribution in [3.05, 3.63) is 64.5 Å². The number of benzene rings is 1. The number of hydrogen-bond donors (Lipinski definition) is 1. The molecular weight excluding hydrogens is 388 g/mol. The summed E-state index contributed by atoms with van der Waals surface area (Å²) in [5.74, 6) is -0.352. The maximum absolute atomic E-state index is 12.8. The van der Waals surface area contributed by atoms with Crippen molar-refractivity contribution in [3.8, 4) is 0 Å². The summed E-state index contributed by atoms with van der Waals surface area (Å²) in [4.78, 5) is 33.1. The fourth-order valence-corrected chi connectivity index (χ4v) is 4.22. The Morgan fingerprint density at radius 3 is 2.32 bits per heavy atom. The van der Waals surface area contributed by atoms with Crippen LogP contribution in [0.5, 0.6) is 0 Å². The lowest BCUT2D eigenvalue weighted by Crippen LogP contribution is -2.33. The number of nitrogens with zero attached hydrogens (tertiary/aromatic N) is 3. The number of nitrogens with one attached hydrogen (secondary N) is 1. The Balaban J connectivity index is 1.65. The van der Waals surface area contributed by atoms with Crippen molar-refractivity contribution in [2.75, 3.05) is 21.1 Å². The van der Waals surface area contributed by atoms with Gasteiger partial charge in [0.05, 0.1) is 11.3 Å². The Morgan fingerprint density at radius 1 is 1.00 bits per heavy atom. The van der Waals surface area contributed by atoms with Crippen LogP contribution in [-0.4, -0.2) is 53.8 Å². The molecule has 0 saturated heterocycles. The van der Waals surface area contributed by atoms with Gasteiger partial charge < -0.3 is 10.2 Å². The van der Waals surface area contributed by atoms with Crippen molar-refractivity contribution in [2.45, 2.75) is 58.2 Å². The summed E-state index contributed by atoms with van der Waals surface area (Å²) in [6.45, 7) is 3.11. The minimum Gasteiger partial charge on any atom is -0.348 e. The smallest absolute Gasteiger partial charge is 0.271 e. The summed E-state index contributed by atoms with van der Waals surface area (Å²) in [5.41, 5.74) is 3.76. The van der Waals surface area contributed by atoms with E-state index in [0.29, 0.717) is 29.5 Å². The predicted octanol–water partition coefficient (Wildman–Crippen LogP) is 3.79. The number of amides is 2. The molecule has 0 aliphatic heterocycles. The highest BCUT2D eigenvalue weighted by Gasteiger charge is 2.19. The highest BCUT2D eigenvalue weighted by molar-refractivity contribution is 5.97. The molecule has 1 aromatic carbocycles. The van der Waals surface area contributed by atoms with Crippen LogP contribution in [0.2, 0.25) is 0 Å². The molecule has 2 aromatic rings. The summed E-state index contributed by atoms with van der Waals surface area (Å²) in [5, 5.41) is 3.03. The molecule has 1 N–H and O–H groups in total. The van der Waals surface area contributed by atoms with Gasteiger partial charge in [0, 0.05) is 33.2 Å². The van der Waals surface area contributed by atoms with E-state index in [0.717, 1.165) is 12.1 Å². The second-order valence-corrected chi connectivity index (χ2v) is 8.69. The van der Waals surface area contributed by atoms with Gasteiger partial charge in [-0.15, -0.1) is 0 Å². The standard InChI is InChI=1S/C25H34N4O2/c1-18-22(14-15-23(27-18)25(31)28(2)3)24(30)26-16-19-10-8-9-11-20(19)17-29(4)21-12-6-5-7-13-21/h8-11,14-15,21H,5-7,12-13,16-17H2,1-4H3,(H,26,30). The van der Waals surface area contributed by atoms with Crippen molar-refractivity contribution < 1.29 is 9.59 Å². The second-order valence-electron chi connectivity index (χ2n) is 8.69. The van der Waals surface area contributed by atoms with E-state index in [2.05, 4.69) is 40.4 Å². The Bertz CT molecular complexity index is 919. The molecule has 1 aliphatic rings. The van der Waals surface area contributed by atoms with Crippen LogP contribution in [0.25, 0.3) is 0 Å². The van der Waals surface area contributed by atoms with E-state index < -0.39 is 0 Å². The third-order valence-corrected chi connectivity index (χ3v) is 6.13. The van der Waals surface area contributed by atoms with Gasteiger partial charge in [0.15, 0.2) is 0 Å². The number of aryl methyl sites for hydroxylation is 1. The molecule has 31 heavy (non-hydrogen) atoms. The molecular formula is C25H34N4O2. The van der Waals surface area contributed by atoms with Crippen LogP contribution in [0, 0.1) is 6.92 Å². The molecule has 1 fully saturated rings. The predicted molar refractivity (Wildman–Crippen MR) is 123 cm³/mol. The van der Waals surface area contributed by atoms with Gasteiger partial charge in [0.25, 0.3) is 11.8 Å². The van der Waals surface area contributed by atoms with Gasteiger partial charge in [-0.25, -0.2) is 4.98 Å². The molecule has 0 radical (unpaired) electrons. The molecule has 1 aliphatic carbocycles. The van der Waals surface area contributed by atoms with E-state index in [-0.39, 0.29) is 11.8 Å². The Hall–Kier alpha value is -2.73. The molecule has 1 aromatic heterocycles. The topological polar surface area (TPSA) is 65.5 Å². The Kier molecular flexibility index (Phi) is 7.80. The first-order valence-corrected chi connectivity index (χ1v) is 11.1. The summed E-state index contributed by atoms with van der Waals surface area (Å²) in [6.07, 6.45) is 6.53. The molecule has 1 heterocycles. The summed E-state index contributed by atoms with van der Waals surface area (Å²) in [7, 11) is 5.57. The highest BCUT2D eigenvalue weighted by Crippen LogP contribution is 2.23. The normalized spacial score (nSPS) is 14.5. The molecule has 6 heteroatoms. The van der Waals surface area contributed by atoms with E-state index in [1.807, 2.05) is 6.07 Å². The van der Waals surface area contributed by atoms with E-state index in [1.165, 1.54) is 42.6 Å². The zero-order valence-corrected chi connectivity index (χ0v) is 19.1. The zero-order chi connectivity index (χ0) is 22.4. The molecule has 166 valence electrons. The van der Waals surface area contributed by atoms with Gasteiger partial charge in [0.2, 0.25) is 0 Å². The maximum atomic E-state index is 12.8. The number of pyridine rings is 1. The van der Waals surface area contributed by atoms with Gasteiger partial charge in [0.1, 0.15) is 5.69 Å². The van der Waals surface area contributed by atoms with Crippen molar-refractivity contribution in [3.63, 3.8) is 0 Å². The van der Waals surface area contributed by atoms with Crippen LogP contribution >= 0.6 is 0 Å². The fraction of sp³-hybridized carbons (Fsp3) is 0.480. The average Bonchev–Trinajstić information content (AvgIpc) is 2.78.